The van der Waals surface area contributed by atoms with E-state index in [0.717, 1.165) is 19.3 Å². The van der Waals surface area contributed by atoms with Crippen LogP contribution in [0.3, 0.4) is 0 Å². The summed E-state index contributed by atoms with van der Waals surface area (Å²) in [5.74, 6) is 0.338. The molecule has 0 saturated heterocycles. The molecule has 0 radical (unpaired) electrons. The number of nitrogens with one attached hydrogen (secondary N) is 1. The third kappa shape index (κ3) is 2.51. The predicted octanol–water partition coefficient (Wildman–Crippen LogP) is 3.22. The van der Waals surface area contributed by atoms with Crippen LogP contribution in [0, 0.1) is 5.92 Å². The normalized spacial score (nSPS) is 21.2. The summed E-state index contributed by atoms with van der Waals surface area (Å²) in [5.41, 5.74) is 1.41. The lowest BCUT2D eigenvalue weighted by Gasteiger charge is -2.29. The van der Waals surface area contributed by atoms with Crippen molar-refractivity contribution in [3.05, 3.63) is 45.7 Å². The second kappa shape index (κ2) is 6.02. The first-order valence-electron chi connectivity index (χ1n) is 8.34. The van der Waals surface area contributed by atoms with E-state index in [9.17, 15) is 9.59 Å². The van der Waals surface area contributed by atoms with Gasteiger partial charge in [0.1, 0.15) is 4.70 Å². The third-order valence-electron chi connectivity index (χ3n) is 4.92. The van der Waals surface area contributed by atoms with Crippen LogP contribution in [-0.4, -0.2) is 21.3 Å². The molecule has 5 nitrogen and oxygen atoms in total. The highest BCUT2D eigenvalue weighted by Gasteiger charge is 2.24. The third-order valence-corrected chi connectivity index (χ3v) is 5.82. The van der Waals surface area contributed by atoms with Gasteiger partial charge in [-0.3, -0.25) is 14.0 Å². The van der Waals surface area contributed by atoms with E-state index in [2.05, 4.69) is 17.2 Å². The molecule has 0 unspecified atom stereocenters. The number of carbonyl (C=O) groups is 1. The second-order valence-corrected chi connectivity index (χ2v) is 7.43. The fourth-order valence-corrected chi connectivity index (χ4v) is 4.27. The second-order valence-electron chi connectivity index (χ2n) is 6.51. The van der Waals surface area contributed by atoms with Crippen LogP contribution >= 0.6 is 11.3 Å². The molecular weight excluding hydrogens is 322 g/mol. The molecule has 1 aliphatic rings. The van der Waals surface area contributed by atoms with Crippen molar-refractivity contribution >= 4 is 33.1 Å². The number of aromatic nitrogens is 2. The van der Waals surface area contributed by atoms with Crippen molar-refractivity contribution in [1.29, 1.82) is 0 Å². The van der Waals surface area contributed by atoms with Crippen molar-refractivity contribution in [3.8, 4) is 0 Å². The summed E-state index contributed by atoms with van der Waals surface area (Å²) >= 11 is 1.38. The Balaban J connectivity index is 1.77. The smallest absolute Gasteiger partial charge is 0.275 e. The molecule has 3 heterocycles. The van der Waals surface area contributed by atoms with Gasteiger partial charge in [-0.1, -0.05) is 19.8 Å². The minimum absolute atomic E-state index is 0.120. The largest absolute Gasteiger partial charge is 0.349 e. The van der Waals surface area contributed by atoms with Crippen LogP contribution in [0.25, 0.3) is 15.9 Å². The molecule has 6 heteroatoms. The monoisotopic (exact) mass is 341 g/mol. The van der Waals surface area contributed by atoms with Crippen LogP contribution in [0.2, 0.25) is 0 Å². The Morgan fingerprint density at radius 3 is 3.00 bits per heavy atom. The van der Waals surface area contributed by atoms with Gasteiger partial charge in [0, 0.05) is 12.2 Å². The molecule has 3 aromatic rings. The summed E-state index contributed by atoms with van der Waals surface area (Å²) in [5, 5.41) is 5.00. The highest BCUT2D eigenvalue weighted by molar-refractivity contribution is 7.17. The Kier molecular flexibility index (Phi) is 3.84. The van der Waals surface area contributed by atoms with E-state index in [1.807, 2.05) is 11.4 Å². The number of hydrogen-bond donors (Lipinski definition) is 1. The molecular formula is C18H19N3O2S. The summed E-state index contributed by atoms with van der Waals surface area (Å²) in [6, 6.07) is 5.49. The lowest BCUT2D eigenvalue weighted by molar-refractivity contribution is 0.0911. The van der Waals surface area contributed by atoms with Gasteiger partial charge in [0.05, 0.1) is 11.1 Å². The molecule has 1 saturated carbocycles. The zero-order valence-corrected chi connectivity index (χ0v) is 14.3. The Morgan fingerprint density at radius 1 is 1.33 bits per heavy atom. The lowest BCUT2D eigenvalue weighted by atomic mass is 9.86. The van der Waals surface area contributed by atoms with E-state index in [-0.39, 0.29) is 17.5 Å². The Labute approximate surface area is 143 Å². The number of thiophene rings is 1. The number of hydrogen-bond acceptors (Lipinski definition) is 4. The van der Waals surface area contributed by atoms with E-state index in [0.29, 0.717) is 27.3 Å². The molecule has 3 aromatic heterocycles. The molecule has 0 aliphatic heterocycles. The van der Waals surface area contributed by atoms with Crippen LogP contribution in [0.1, 0.15) is 43.0 Å². The average Bonchev–Trinajstić information content (AvgIpc) is 3.05. The quantitative estimate of drug-likeness (QED) is 0.778. The molecule has 1 aliphatic carbocycles. The zero-order valence-electron chi connectivity index (χ0n) is 13.5. The van der Waals surface area contributed by atoms with E-state index in [1.54, 1.807) is 18.3 Å². The van der Waals surface area contributed by atoms with Crippen LogP contribution in [0.15, 0.2) is 34.6 Å². The fraction of sp³-hybridized carbons (Fsp3) is 0.389. The molecule has 1 amide bonds. The van der Waals surface area contributed by atoms with Crippen LogP contribution in [-0.2, 0) is 0 Å². The van der Waals surface area contributed by atoms with Gasteiger partial charge in [-0.25, -0.2) is 4.98 Å². The predicted molar refractivity (Wildman–Crippen MR) is 95.7 cm³/mol. The molecule has 2 atom stereocenters. The number of amides is 1. The number of carbonyl (C=O) groups excluding carboxylic acids is 1. The summed E-state index contributed by atoms with van der Waals surface area (Å²) < 4.78 is 2.09. The van der Waals surface area contributed by atoms with Crippen molar-refractivity contribution in [3.63, 3.8) is 0 Å². The summed E-state index contributed by atoms with van der Waals surface area (Å²) in [7, 11) is 0. The van der Waals surface area contributed by atoms with E-state index >= 15 is 0 Å². The number of fused-ring (bicyclic) bond motifs is 2. The average molecular weight is 341 g/mol. The minimum Gasteiger partial charge on any atom is -0.349 e. The molecule has 4 rings (SSSR count). The van der Waals surface area contributed by atoms with Crippen LogP contribution in [0.5, 0.6) is 0 Å². The van der Waals surface area contributed by atoms with Gasteiger partial charge in [0.25, 0.3) is 11.5 Å². The minimum atomic E-state index is -0.145. The highest BCUT2D eigenvalue weighted by atomic mass is 32.1. The van der Waals surface area contributed by atoms with Crippen LogP contribution in [0.4, 0.5) is 0 Å². The number of rotatable bonds is 2. The summed E-state index contributed by atoms with van der Waals surface area (Å²) in [6.45, 7) is 2.19. The molecule has 0 spiro atoms. The SMILES string of the molecule is C[C@@H]1CCCC[C@@H]1NC(=O)c1cccn2c(=O)c3sccc3nc12. The van der Waals surface area contributed by atoms with Gasteiger partial charge in [-0.05, 0) is 42.3 Å². The Hall–Kier alpha value is -2.21. The maximum Gasteiger partial charge on any atom is 0.275 e. The van der Waals surface area contributed by atoms with Gasteiger partial charge in [0.2, 0.25) is 0 Å². The highest BCUT2D eigenvalue weighted by Crippen LogP contribution is 2.24. The van der Waals surface area contributed by atoms with Crippen molar-refractivity contribution in [2.75, 3.05) is 0 Å². The Bertz CT molecular complexity index is 975. The summed E-state index contributed by atoms with van der Waals surface area (Å²) in [4.78, 5) is 29.9. The topological polar surface area (TPSA) is 63.5 Å². The molecule has 0 bridgehead atoms. The van der Waals surface area contributed by atoms with Gasteiger partial charge in [-0.15, -0.1) is 11.3 Å². The first-order chi connectivity index (χ1) is 11.6. The van der Waals surface area contributed by atoms with Gasteiger partial charge >= 0.3 is 0 Å². The van der Waals surface area contributed by atoms with E-state index < -0.39 is 0 Å². The van der Waals surface area contributed by atoms with Crippen molar-refractivity contribution in [2.24, 2.45) is 5.92 Å². The Morgan fingerprint density at radius 2 is 2.17 bits per heavy atom. The first kappa shape index (κ1) is 15.3. The maximum atomic E-state index is 12.8. The molecule has 1 fully saturated rings. The summed E-state index contributed by atoms with van der Waals surface area (Å²) in [6.07, 6.45) is 6.21. The lowest BCUT2D eigenvalue weighted by Crippen LogP contribution is -2.41. The molecule has 1 N–H and O–H groups in total. The fourth-order valence-electron chi connectivity index (χ4n) is 3.51. The molecule has 0 aromatic carbocycles. The van der Waals surface area contributed by atoms with Crippen molar-refractivity contribution < 1.29 is 4.79 Å². The van der Waals surface area contributed by atoms with Gasteiger partial charge < -0.3 is 5.32 Å². The van der Waals surface area contributed by atoms with Crippen molar-refractivity contribution in [1.82, 2.24) is 14.7 Å². The molecule has 24 heavy (non-hydrogen) atoms. The van der Waals surface area contributed by atoms with Gasteiger partial charge in [-0.2, -0.15) is 0 Å². The van der Waals surface area contributed by atoms with Gasteiger partial charge in [0.15, 0.2) is 5.65 Å². The van der Waals surface area contributed by atoms with Crippen molar-refractivity contribution in [2.45, 2.75) is 38.6 Å². The standard InChI is InChI=1S/C18H19N3O2S/c1-11-5-2-3-7-13(11)20-17(22)12-6-4-9-21-16(12)19-14-8-10-24-15(14)18(21)23/h4,6,8-11,13H,2-3,5,7H2,1H3,(H,20,22)/t11-,13+/m1/s1. The number of pyridine rings is 1. The van der Waals surface area contributed by atoms with E-state index in [1.165, 1.54) is 22.2 Å². The zero-order chi connectivity index (χ0) is 16.7. The van der Waals surface area contributed by atoms with E-state index in [4.69, 9.17) is 0 Å². The maximum absolute atomic E-state index is 12.8. The molecule has 124 valence electrons. The van der Waals surface area contributed by atoms with Crippen LogP contribution < -0.4 is 10.9 Å². The number of nitrogens with zero attached hydrogens (tertiary/aromatic N) is 2. The first-order valence-corrected chi connectivity index (χ1v) is 9.22.